The van der Waals surface area contributed by atoms with Gasteiger partial charge in [0, 0.05) is 23.5 Å². The lowest BCUT2D eigenvalue weighted by Gasteiger charge is -2.38. The highest BCUT2D eigenvalue weighted by atomic mass is 32.1. The van der Waals surface area contributed by atoms with Gasteiger partial charge in [0.05, 0.1) is 11.6 Å². The molecule has 1 fully saturated rings. The first-order chi connectivity index (χ1) is 9.41. The summed E-state index contributed by atoms with van der Waals surface area (Å²) in [5.74, 6) is 0.659. The SMILES string of the molecule is Cc1ncc(CN(C)C(=O)C(C)(C)C2CCCNC2)s1. The highest BCUT2D eigenvalue weighted by Crippen LogP contribution is 2.33. The molecule has 1 unspecified atom stereocenters. The predicted molar refractivity (Wildman–Crippen MR) is 82.7 cm³/mol. The second kappa shape index (κ2) is 6.22. The van der Waals surface area contributed by atoms with Gasteiger partial charge in [-0.25, -0.2) is 4.98 Å². The van der Waals surface area contributed by atoms with Crippen LogP contribution in [0.25, 0.3) is 0 Å². The largest absolute Gasteiger partial charge is 0.340 e. The highest BCUT2D eigenvalue weighted by molar-refractivity contribution is 7.11. The fourth-order valence-corrected chi connectivity index (χ4v) is 3.77. The van der Waals surface area contributed by atoms with Crippen LogP contribution >= 0.6 is 11.3 Å². The molecule has 1 aromatic heterocycles. The summed E-state index contributed by atoms with van der Waals surface area (Å²) in [6.45, 7) is 8.85. The maximum Gasteiger partial charge on any atom is 0.228 e. The lowest BCUT2D eigenvalue weighted by molar-refractivity contribution is -0.143. The van der Waals surface area contributed by atoms with Gasteiger partial charge < -0.3 is 10.2 Å². The minimum atomic E-state index is -0.304. The van der Waals surface area contributed by atoms with Gasteiger partial charge in [0.25, 0.3) is 0 Å². The second-order valence-corrected chi connectivity index (χ2v) is 7.59. The van der Waals surface area contributed by atoms with E-state index in [9.17, 15) is 4.79 Å². The normalized spacial score (nSPS) is 19.9. The zero-order chi connectivity index (χ0) is 14.8. The molecule has 0 saturated carbocycles. The molecule has 1 N–H and O–H groups in total. The van der Waals surface area contributed by atoms with Gasteiger partial charge in [0.2, 0.25) is 5.91 Å². The van der Waals surface area contributed by atoms with E-state index in [0.29, 0.717) is 12.5 Å². The summed E-state index contributed by atoms with van der Waals surface area (Å²) >= 11 is 1.66. The van der Waals surface area contributed by atoms with Crippen molar-refractivity contribution in [1.82, 2.24) is 15.2 Å². The number of amides is 1. The van der Waals surface area contributed by atoms with E-state index in [1.165, 1.54) is 6.42 Å². The molecule has 1 aliphatic rings. The van der Waals surface area contributed by atoms with Crippen LogP contribution in [0.15, 0.2) is 6.20 Å². The maximum atomic E-state index is 12.8. The molecule has 0 bridgehead atoms. The molecule has 1 aliphatic heterocycles. The highest BCUT2D eigenvalue weighted by Gasteiger charge is 2.38. The Balaban J connectivity index is 2.00. The molecular weight excluding hydrogens is 270 g/mol. The quantitative estimate of drug-likeness (QED) is 0.928. The second-order valence-electron chi connectivity index (χ2n) is 6.27. The molecule has 1 aromatic rings. The lowest BCUT2D eigenvalue weighted by Crippen LogP contribution is -2.47. The number of aromatic nitrogens is 1. The zero-order valence-electron chi connectivity index (χ0n) is 12.9. The molecule has 112 valence electrons. The van der Waals surface area contributed by atoms with Crippen LogP contribution in [0.3, 0.4) is 0 Å². The number of rotatable bonds is 4. The van der Waals surface area contributed by atoms with Gasteiger partial charge in [0.15, 0.2) is 0 Å². The van der Waals surface area contributed by atoms with E-state index in [1.54, 1.807) is 11.3 Å². The molecule has 20 heavy (non-hydrogen) atoms. The third-order valence-electron chi connectivity index (χ3n) is 4.28. The number of aryl methyl sites for hydroxylation is 1. The van der Waals surface area contributed by atoms with E-state index in [1.807, 2.05) is 25.1 Å². The number of thiazole rings is 1. The lowest BCUT2D eigenvalue weighted by atomic mass is 9.74. The molecule has 0 aliphatic carbocycles. The van der Waals surface area contributed by atoms with Crippen molar-refractivity contribution in [2.45, 2.75) is 40.2 Å². The van der Waals surface area contributed by atoms with Crippen molar-refractivity contribution in [1.29, 1.82) is 0 Å². The number of nitrogens with zero attached hydrogens (tertiary/aromatic N) is 2. The molecule has 2 heterocycles. The molecular formula is C15H25N3OS. The van der Waals surface area contributed by atoms with Crippen LogP contribution in [0, 0.1) is 18.3 Å². The average Bonchev–Trinajstić information content (AvgIpc) is 2.84. The van der Waals surface area contributed by atoms with Crippen LogP contribution in [0.2, 0.25) is 0 Å². The Kier molecular flexibility index (Phi) is 4.81. The fraction of sp³-hybridized carbons (Fsp3) is 0.733. The summed E-state index contributed by atoms with van der Waals surface area (Å²) in [7, 11) is 1.90. The van der Waals surface area contributed by atoms with Gasteiger partial charge >= 0.3 is 0 Å². The van der Waals surface area contributed by atoms with E-state index in [-0.39, 0.29) is 11.3 Å². The molecule has 1 amide bonds. The van der Waals surface area contributed by atoms with E-state index in [2.05, 4.69) is 24.1 Å². The monoisotopic (exact) mass is 295 g/mol. The van der Waals surface area contributed by atoms with Crippen LogP contribution in [0.1, 0.15) is 36.6 Å². The summed E-state index contributed by atoms with van der Waals surface area (Å²) in [4.78, 5) is 20.0. The van der Waals surface area contributed by atoms with E-state index < -0.39 is 0 Å². The molecule has 0 radical (unpaired) electrons. The Morgan fingerprint density at radius 1 is 1.60 bits per heavy atom. The number of carbonyl (C=O) groups is 1. The van der Waals surface area contributed by atoms with Crippen molar-refractivity contribution in [3.05, 3.63) is 16.1 Å². The summed E-state index contributed by atoms with van der Waals surface area (Å²) in [6.07, 6.45) is 4.18. The number of hydrogen-bond donors (Lipinski definition) is 1. The third kappa shape index (κ3) is 3.38. The molecule has 4 nitrogen and oxygen atoms in total. The van der Waals surface area contributed by atoms with Gasteiger partial charge in [-0.05, 0) is 38.8 Å². The van der Waals surface area contributed by atoms with Gasteiger partial charge in [-0.1, -0.05) is 13.8 Å². The Morgan fingerprint density at radius 2 is 2.35 bits per heavy atom. The van der Waals surface area contributed by atoms with Gasteiger partial charge in [-0.3, -0.25) is 4.79 Å². The summed E-state index contributed by atoms with van der Waals surface area (Å²) in [5.41, 5.74) is -0.304. The Hall–Kier alpha value is -0.940. The molecule has 0 spiro atoms. The van der Waals surface area contributed by atoms with Crippen LogP contribution in [-0.4, -0.2) is 35.9 Å². The van der Waals surface area contributed by atoms with E-state index in [0.717, 1.165) is 29.4 Å². The molecule has 1 saturated heterocycles. The van der Waals surface area contributed by atoms with Crippen LogP contribution in [0.5, 0.6) is 0 Å². The van der Waals surface area contributed by atoms with Gasteiger partial charge in [-0.2, -0.15) is 0 Å². The minimum absolute atomic E-state index is 0.234. The topological polar surface area (TPSA) is 45.2 Å². The van der Waals surface area contributed by atoms with Crippen molar-refractivity contribution in [3.63, 3.8) is 0 Å². The molecule has 5 heteroatoms. The number of carbonyl (C=O) groups excluding carboxylic acids is 1. The summed E-state index contributed by atoms with van der Waals surface area (Å²) < 4.78 is 0. The zero-order valence-corrected chi connectivity index (χ0v) is 13.7. The molecule has 1 atom stereocenters. The van der Waals surface area contributed by atoms with Crippen molar-refractivity contribution in [3.8, 4) is 0 Å². The fourth-order valence-electron chi connectivity index (χ4n) is 2.92. The van der Waals surface area contributed by atoms with E-state index in [4.69, 9.17) is 0 Å². The van der Waals surface area contributed by atoms with Crippen molar-refractivity contribution >= 4 is 17.2 Å². The Morgan fingerprint density at radius 3 is 2.90 bits per heavy atom. The van der Waals surface area contributed by atoms with Gasteiger partial charge in [-0.15, -0.1) is 11.3 Å². The standard InChI is InChI=1S/C15H25N3OS/c1-11-17-9-13(20-11)10-18(4)14(19)15(2,3)12-6-5-7-16-8-12/h9,12,16H,5-8,10H2,1-4H3. The molecule has 0 aromatic carbocycles. The first kappa shape index (κ1) is 15.4. The van der Waals surface area contributed by atoms with Gasteiger partial charge in [0.1, 0.15) is 0 Å². The number of piperidine rings is 1. The number of nitrogens with one attached hydrogen (secondary N) is 1. The maximum absolute atomic E-state index is 12.8. The third-order valence-corrected chi connectivity index (χ3v) is 5.18. The average molecular weight is 295 g/mol. The number of hydrogen-bond acceptors (Lipinski definition) is 4. The van der Waals surface area contributed by atoms with Crippen LogP contribution in [0.4, 0.5) is 0 Å². The summed E-state index contributed by atoms with van der Waals surface area (Å²) in [5, 5.41) is 4.46. The predicted octanol–water partition coefficient (Wildman–Crippen LogP) is 2.44. The van der Waals surface area contributed by atoms with Crippen LogP contribution in [-0.2, 0) is 11.3 Å². The van der Waals surface area contributed by atoms with Crippen molar-refractivity contribution in [2.75, 3.05) is 20.1 Å². The van der Waals surface area contributed by atoms with Crippen LogP contribution < -0.4 is 5.32 Å². The first-order valence-electron chi connectivity index (χ1n) is 7.29. The Labute approximate surface area is 125 Å². The smallest absolute Gasteiger partial charge is 0.228 e. The summed E-state index contributed by atoms with van der Waals surface area (Å²) in [6, 6.07) is 0. The first-order valence-corrected chi connectivity index (χ1v) is 8.10. The van der Waals surface area contributed by atoms with E-state index >= 15 is 0 Å². The minimum Gasteiger partial charge on any atom is -0.340 e. The molecule has 2 rings (SSSR count). The van der Waals surface area contributed by atoms with Crippen molar-refractivity contribution in [2.24, 2.45) is 11.3 Å². The van der Waals surface area contributed by atoms with Crippen molar-refractivity contribution < 1.29 is 4.79 Å². The Bertz CT molecular complexity index is 463.